The number of aromatic amines is 1. The number of anilines is 1. The van der Waals surface area contributed by atoms with Crippen LogP contribution in [0, 0.1) is 0 Å². The number of amides is 1. The number of hydrogen-bond acceptors (Lipinski definition) is 5. The van der Waals surface area contributed by atoms with E-state index in [0.717, 1.165) is 18.5 Å². The van der Waals surface area contributed by atoms with E-state index < -0.39 is 5.69 Å². The summed E-state index contributed by atoms with van der Waals surface area (Å²) in [4.78, 5) is 45.3. The third-order valence-corrected chi connectivity index (χ3v) is 6.61. The molecule has 3 aromatic rings. The van der Waals surface area contributed by atoms with E-state index in [4.69, 9.17) is 16.3 Å². The number of aromatic nitrogens is 2. The number of nitrogens with one attached hydrogen (secondary N) is 1. The van der Waals surface area contributed by atoms with Crippen LogP contribution in [0.2, 0.25) is 5.02 Å². The Hall–Kier alpha value is -3.10. The minimum atomic E-state index is -0.484. The molecule has 0 spiro atoms. The fourth-order valence-corrected chi connectivity index (χ4v) is 4.75. The van der Waals surface area contributed by atoms with E-state index in [1.54, 1.807) is 23.1 Å². The second-order valence-electron chi connectivity index (χ2n) is 8.50. The maximum absolute atomic E-state index is 13.1. The second kappa shape index (κ2) is 9.03. The van der Waals surface area contributed by atoms with Crippen LogP contribution in [0.15, 0.2) is 52.1 Å². The maximum atomic E-state index is 13.1. The lowest BCUT2D eigenvalue weighted by atomic mass is 10.1. The van der Waals surface area contributed by atoms with Crippen LogP contribution in [0.5, 0.6) is 0 Å². The van der Waals surface area contributed by atoms with Gasteiger partial charge in [-0.15, -0.1) is 0 Å². The smallest absolute Gasteiger partial charge is 0.328 e. The van der Waals surface area contributed by atoms with Gasteiger partial charge in [-0.25, -0.2) is 4.79 Å². The normalized spacial score (nSPS) is 18.8. The number of nitrogens with zero attached hydrogens (tertiary/aromatic N) is 3. The lowest BCUT2D eigenvalue weighted by Gasteiger charge is -2.36. The summed E-state index contributed by atoms with van der Waals surface area (Å²) in [7, 11) is 0. The minimum Gasteiger partial charge on any atom is -0.376 e. The van der Waals surface area contributed by atoms with Gasteiger partial charge >= 0.3 is 5.69 Å². The Kier molecular flexibility index (Phi) is 5.95. The molecule has 0 saturated carbocycles. The van der Waals surface area contributed by atoms with Gasteiger partial charge in [0.2, 0.25) is 0 Å². The van der Waals surface area contributed by atoms with Crippen molar-refractivity contribution in [2.75, 3.05) is 37.7 Å². The van der Waals surface area contributed by atoms with E-state index in [0.29, 0.717) is 54.3 Å². The zero-order chi connectivity index (χ0) is 22.9. The molecule has 8 nitrogen and oxygen atoms in total. The molecule has 0 radical (unpaired) electrons. The highest BCUT2D eigenvalue weighted by molar-refractivity contribution is 6.30. The van der Waals surface area contributed by atoms with Gasteiger partial charge in [-0.3, -0.25) is 14.2 Å². The van der Waals surface area contributed by atoms with Crippen LogP contribution in [0.25, 0.3) is 10.9 Å². The number of piperazine rings is 1. The van der Waals surface area contributed by atoms with Crippen LogP contribution in [-0.2, 0) is 11.3 Å². The number of carbonyl (C=O) groups is 1. The largest absolute Gasteiger partial charge is 0.376 e. The molecule has 2 fully saturated rings. The lowest BCUT2D eigenvalue weighted by molar-refractivity contribution is 0.0747. The maximum Gasteiger partial charge on any atom is 0.328 e. The summed E-state index contributed by atoms with van der Waals surface area (Å²) in [6.45, 7) is 3.44. The van der Waals surface area contributed by atoms with Crippen molar-refractivity contribution in [3.05, 3.63) is 73.9 Å². The standard InChI is InChI=1S/C24H25ClN4O4/c25-17-3-1-4-18(14-17)27-8-10-28(11-9-27)22(30)16-6-7-20-21(13-16)26-24(32)29(23(20)31)15-19-5-2-12-33-19/h1,3-4,6-7,13-14,19H,2,5,8-12,15H2,(H,26,32). The Labute approximate surface area is 195 Å². The molecular formula is C24H25ClN4O4. The first-order valence-corrected chi connectivity index (χ1v) is 11.6. The van der Waals surface area contributed by atoms with Crippen molar-refractivity contribution >= 4 is 34.1 Å². The molecule has 1 N–H and O–H groups in total. The van der Waals surface area contributed by atoms with Crippen molar-refractivity contribution in [2.24, 2.45) is 0 Å². The van der Waals surface area contributed by atoms with Gasteiger partial charge in [0.05, 0.1) is 23.6 Å². The average molecular weight is 469 g/mol. The fourth-order valence-electron chi connectivity index (χ4n) is 4.57. The average Bonchev–Trinajstić information content (AvgIpc) is 3.34. The number of halogens is 1. The van der Waals surface area contributed by atoms with Crippen molar-refractivity contribution in [2.45, 2.75) is 25.5 Å². The monoisotopic (exact) mass is 468 g/mol. The van der Waals surface area contributed by atoms with Crippen LogP contribution < -0.4 is 16.1 Å². The van der Waals surface area contributed by atoms with Gasteiger partial charge in [0.25, 0.3) is 11.5 Å². The van der Waals surface area contributed by atoms with Crippen LogP contribution in [0.3, 0.4) is 0 Å². The van der Waals surface area contributed by atoms with Crippen molar-refractivity contribution in [1.82, 2.24) is 14.5 Å². The van der Waals surface area contributed by atoms with Crippen molar-refractivity contribution in [1.29, 1.82) is 0 Å². The van der Waals surface area contributed by atoms with E-state index in [2.05, 4.69) is 9.88 Å². The summed E-state index contributed by atoms with van der Waals surface area (Å²) in [6, 6.07) is 12.6. The number of H-pyrrole nitrogens is 1. The molecule has 1 aromatic heterocycles. The predicted molar refractivity (Wildman–Crippen MR) is 127 cm³/mol. The molecule has 1 unspecified atom stereocenters. The molecule has 33 heavy (non-hydrogen) atoms. The van der Waals surface area contributed by atoms with Crippen LogP contribution in [0.1, 0.15) is 23.2 Å². The molecule has 3 heterocycles. The predicted octanol–water partition coefficient (Wildman–Crippen LogP) is 2.48. The fraction of sp³-hybridized carbons (Fsp3) is 0.375. The molecule has 2 aromatic carbocycles. The molecule has 1 atom stereocenters. The molecule has 1 amide bonds. The minimum absolute atomic E-state index is 0.118. The zero-order valence-electron chi connectivity index (χ0n) is 18.1. The molecule has 172 valence electrons. The molecule has 2 saturated heterocycles. The van der Waals surface area contributed by atoms with Gasteiger partial charge in [0.1, 0.15) is 0 Å². The Morgan fingerprint density at radius 1 is 1.09 bits per heavy atom. The highest BCUT2D eigenvalue weighted by Crippen LogP contribution is 2.22. The van der Waals surface area contributed by atoms with Gasteiger partial charge in [-0.05, 0) is 49.2 Å². The number of carbonyl (C=O) groups excluding carboxylic acids is 1. The van der Waals surface area contributed by atoms with E-state index in [1.807, 2.05) is 24.3 Å². The van der Waals surface area contributed by atoms with Crippen molar-refractivity contribution < 1.29 is 9.53 Å². The molecule has 0 bridgehead atoms. The molecule has 2 aliphatic heterocycles. The van der Waals surface area contributed by atoms with E-state index in [1.165, 1.54) is 4.57 Å². The number of rotatable bonds is 4. The number of benzene rings is 2. The Bertz CT molecular complexity index is 1300. The Morgan fingerprint density at radius 2 is 1.91 bits per heavy atom. The van der Waals surface area contributed by atoms with Gasteiger partial charge in [0, 0.05) is 49.1 Å². The number of ether oxygens (including phenoxy) is 1. The van der Waals surface area contributed by atoms with Crippen LogP contribution in [0.4, 0.5) is 5.69 Å². The quantitative estimate of drug-likeness (QED) is 0.635. The first-order chi connectivity index (χ1) is 16.0. The molecule has 9 heteroatoms. The van der Waals surface area contributed by atoms with Gasteiger partial charge < -0.3 is 19.5 Å². The van der Waals surface area contributed by atoms with E-state index >= 15 is 0 Å². The summed E-state index contributed by atoms with van der Waals surface area (Å²) < 4.78 is 6.75. The summed E-state index contributed by atoms with van der Waals surface area (Å²) in [6.07, 6.45) is 1.65. The first kappa shape index (κ1) is 21.7. The molecule has 5 rings (SSSR count). The van der Waals surface area contributed by atoms with E-state index in [9.17, 15) is 14.4 Å². The molecule has 2 aliphatic rings. The summed E-state index contributed by atoms with van der Waals surface area (Å²) in [5.41, 5.74) is 1.01. The third kappa shape index (κ3) is 4.41. The lowest BCUT2D eigenvalue weighted by Crippen LogP contribution is -2.48. The number of hydrogen-bond donors (Lipinski definition) is 1. The molecular weight excluding hydrogens is 444 g/mol. The van der Waals surface area contributed by atoms with Crippen molar-refractivity contribution in [3.63, 3.8) is 0 Å². The van der Waals surface area contributed by atoms with E-state index in [-0.39, 0.29) is 24.1 Å². The highest BCUT2D eigenvalue weighted by Gasteiger charge is 2.24. The van der Waals surface area contributed by atoms with Gasteiger partial charge in [0.15, 0.2) is 0 Å². The summed E-state index contributed by atoms with van der Waals surface area (Å²) in [5.74, 6) is -0.118. The second-order valence-corrected chi connectivity index (χ2v) is 8.94. The van der Waals surface area contributed by atoms with Crippen molar-refractivity contribution in [3.8, 4) is 0 Å². The molecule has 0 aliphatic carbocycles. The van der Waals surface area contributed by atoms with Gasteiger partial charge in [-0.2, -0.15) is 0 Å². The third-order valence-electron chi connectivity index (χ3n) is 6.38. The zero-order valence-corrected chi connectivity index (χ0v) is 18.9. The summed E-state index contributed by atoms with van der Waals surface area (Å²) >= 11 is 6.10. The Balaban J connectivity index is 1.33. The Morgan fingerprint density at radius 3 is 2.64 bits per heavy atom. The van der Waals surface area contributed by atoms with Crippen LogP contribution in [-0.4, -0.2) is 59.2 Å². The van der Waals surface area contributed by atoms with Crippen LogP contribution >= 0.6 is 11.6 Å². The topological polar surface area (TPSA) is 87.6 Å². The SMILES string of the molecule is O=C(c1ccc2c(=O)n(CC3CCCO3)c(=O)[nH]c2c1)N1CCN(c2cccc(Cl)c2)CC1. The van der Waals surface area contributed by atoms with Gasteiger partial charge in [-0.1, -0.05) is 17.7 Å². The summed E-state index contributed by atoms with van der Waals surface area (Å²) in [5, 5.41) is 1.07. The first-order valence-electron chi connectivity index (χ1n) is 11.2. The number of fused-ring (bicyclic) bond motifs is 1. The highest BCUT2D eigenvalue weighted by atomic mass is 35.5.